The number of rotatable bonds is 2. The van der Waals surface area contributed by atoms with Crippen molar-refractivity contribution < 1.29 is 0 Å². The Morgan fingerprint density at radius 2 is 1.86 bits per heavy atom. The van der Waals surface area contributed by atoms with Crippen molar-refractivity contribution in [1.82, 2.24) is 4.90 Å². The van der Waals surface area contributed by atoms with Gasteiger partial charge in [-0.2, -0.15) is 0 Å². The van der Waals surface area contributed by atoms with Gasteiger partial charge in [-0.3, -0.25) is 5.41 Å². The molecule has 0 aromatic heterocycles. The van der Waals surface area contributed by atoms with Gasteiger partial charge in [-0.1, -0.05) is 23.7 Å². The Morgan fingerprint density at radius 1 is 1.36 bits per heavy atom. The van der Waals surface area contributed by atoms with Crippen molar-refractivity contribution >= 4 is 17.4 Å². The molecule has 1 N–H and O–H groups in total. The first-order chi connectivity index (χ1) is 6.52. The Kier molecular flexibility index (Phi) is 3.53. The molecule has 0 saturated heterocycles. The predicted octanol–water partition coefficient (Wildman–Crippen LogP) is 3.33. The molecule has 2 nitrogen and oxygen atoms in total. The van der Waals surface area contributed by atoms with Gasteiger partial charge in [0.25, 0.3) is 0 Å². The molecule has 0 saturated carbocycles. The monoisotopic (exact) mass is 210 g/mol. The first kappa shape index (κ1) is 11.1. The van der Waals surface area contributed by atoms with E-state index in [1.54, 1.807) is 6.92 Å². The van der Waals surface area contributed by atoms with E-state index in [0.717, 1.165) is 5.02 Å². The van der Waals surface area contributed by atoms with Crippen molar-refractivity contribution in [2.45, 2.75) is 19.9 Å². The minimum Gasteiger partial charge on any atom is -0.357 e. The van der Waals surface area contributed by atoms with Crippen molar-refractivity contribution in [2.24, 2.45) is 0 Å². The molecule has 0 radical (unpaired) electrons. The summed E-state index contributed by atoms with van der Waals surface area (Å²) >= 11 is 5.80. The number of nitrogens with zero attached hydrogens (tertiary/aromatic N) is 1. The fourth-order valence-corrected chi connectivity index (χ4v) is 1.38. The third-order valence-electron chi connectivity index (χ3n) is 2.46. The van der Waals surface area contributed by atoms with Crippen LogP contribution in [0, 0.1) is 5.41 Å². The molecule has 14 heavy (non-hydrogen) atoms. The van der Waals surface area contributed by atoms with Crippen molar-refractivity contribution in [3.63, 3.8) is 0 Å². The number of halogens is 1. The second-order valence-electron chi connectivity index (χ2n) is 3.42. The van der Waals surface area contributed by atoms with Gasteiger partial charge in [0.1, 0.15) is 0 Å². The lowest BCUT2D eigenvalue weighted by Gasteiger charge is -2.25. The molecule has 0 aliphatic heterocycles. The predicted molar refractivity (Wildman–Crippen MR) is 61.0 cm³/mol. The third kappa shape index (κ3) is 2.48. The minimum absolute atomic E-state index is 0.213. The first-order valence-corrected chi connectivity index (χ1v) is 4.93. The molecule has 0 spiro atoms. The highest BCUT2D eigenvalue weighted by molar-refractivity contribution is 6.30. The Bertz CT molecular complexity index is 319. The number of benzene rings is 1. The van der Waals surface area contributed by atoms with Gasteiger partial charge in [0, 0.05) is 12.1 Å². The molecule has 1 unspecified atom stereocenters. The summed E-state index contributed by atoms with van der Waals surface area (Å²) in [7, 11) is 1.92. The summed E-state index contributed by atoms with van der Waals surface area (Å²) < 4.78 is 0. The molecule has 1 atom stereocenters. The molecule has 1 aromatic carbocycles. The first-order valence-electron chi connectivity index (χ1n) is 4.56. The molecular weight excluding hydrogens is 196 g/mol. The summed E-state index contributed by atoms with van der Waals surface area (Å²) in [5.41, 5.74) is 1.17. The van der Waals surface area contributed by atoms with E-state index in [1.165, 1.54) is 5.56 Å². The maximum absolute atomic E-state index is 7.52. The van der Waals surface area contributed by atoms with Gasteiger partial charge in [-0.05, 0) is 31.5 Å². The van der Waals surface area contributed by atoms with Crippen LogP contribution in [0.15, 0.2) is 24.3 Å². The van der Waals surface area contributed by atoms with Crippen LogP contribution in [0.2, 0.25) is 5.02 Å². The lowest BCUT2D eigenvalue weighted by Crippen LogP contribution is -2.26. The molecular formula is C11H15ClN2. The molecule has 1 aromatic rings. The summed E-state index contributed by atoms with van der Waals surface area (Å²) in [6.07, 6.45) is 0. The van der Waals surface area contributed by atoms with Crippen LogP contribution in [-0.2, 0) is 0 Å². The molecule has 0 heterocycles. The average molecular weight is 211 g/mol. The van der Waals surface area contributed by atoms with Crippen molar-refractivity contribution in [3.05, 3.63) is 34.9 Å². The molecule has 0 fully saturated rings. The van der Waals surface area contributed by atoms with E-state index in [1.807, 2.05) is 36.2 Å². The van der Waals surface area contributed by atoms with Gasteiger partial charge in [-0.25, -0.2) is 0 Å². The van der Waals surface area contributed by atoms with Crippen LogP contribution in [0.5, 0.6) is 0 Å². The zero-order chi connectivity index (χ0) is 10.7. The van der Waals surface area contributed by atoms with Gasteiger partial charge >= 0.3 is 0 Å². The van der Waals surface area contributed by atoms with Crippen LogP contribution < -0.4 is 0 Å². The number of amidine groups is 1. The number of hydrogen-bond donors (Lipinski definition) is 1. The highest BCUT2D eigenvalue weighted by Gasteiger charge is 2.11. The van der Waals surface area contributed by atoms with Crippen molar-refractivity contribution in [3.8, 4) is 0 Å². The molecule has 1 rings (SSSR count). The van der Waals surface area contributed by atoms with E-state index in [0.29, 0.717) is 5.84 Å². The van der Waals surface area contributed by atoms with E-state index in [-0.39, 0.29) is 6.04 Å². The molecule has 0 bridgehead atoms. The van der Waals surface area contributed by atoms with E-state index < -0.39 is 0 Å². The van der Waals surface area contributed by atoms with Gasteiger partial charge in [0.15, 0.2) is 0 Å². The second-order valence-corrected chi connectivity index (χ2v) is 3.86. The van der Waals surface area contributed by atoms with Crippen LogP contribution in [0.4, 0.5) is 0 Å². The summed E-state index contributed by atoms with van der Waals surface area (Å²) in [6.45, 7) is 3.85. The zero-order valence-electron chi connectivity index (χ0n) is 8.71. The quantitative estimate of drug-likeness (QED) is 0.589. The highest BCUT2D eigenvalue weighted by Crippen LogP contribution is 2.20. The SMILES string of the molecule is CC(=N)N(C)C(C)c1ccc(Cl)cc1. The zero-order valence-corrected chi connectivity index (χ0v) is 9.47. The van der Waals surface area contributed by atoms with E-state index >= 15 is 0 Å². The van der Waals surface area contributed by atoms with Crippen molar-refractivity contribution in [2.75, 3.05) is 7.05 Å². The number of hydrogen-bond acceptors (Lipinski definition) is 1. The summed E-state index contributed by atoms with van der Waals surface area (Å²) in [6, 6.07) is 7.95. The van der Waals surface area contributed by atoms with Crippen molar-refractivity contribution in [1.29, 1.82) is 5.41 Å². The van der Waals surface area contributed by atoms with Gasteiger partial charge in [-0.15, -0.1) is 0 Å². The van der Waals surface area contributed by atoms with E-state index in [9.17, 15) is 0 Å². The van der Waals surface area contributed by atoms with E-state index in [4.69, 9.17) is 17.0 Å². The minimum atomic E-state index is 0.213. The van der Waals surface area contributed by atoms with Crippen LogP contribution in [0.3, 0.4) is 0 Å². The highest BCUT2D eigenvalue weighted by atomic mass is 35.5. The van der Waals surface area contributed by atoms with Gasteiger partial charge < -0.3 is 4.90 Å². The average Bonchev–Trinajstić information content (AvgIpc) is 2.16. The molecule has 0 aliphatic carbocycles. The Balaban J connectivity index is 2.84. The largest absolute Gasteiger partial charge is 0.357 e. The maximum atomic E-state index is 7.52. The third-order valence-corrected chi connectivity index (χ3v) is 2.71. The normalized spacial score (nSPS) is 12.3. The smallest absolute Gasteiger partial charge is 0.0928 e. The maximum Gasteiger partial charge on any atom is 0.0928 e. The Morgan fingerprint density at radius 3 is 2.29 bits per heavy atom. The lowest BCUT2D eigenvalue weighted by atomic mass is 10.1. The molecule has 76 valence electrons. The summed E-state index contributed by atoms with van der Waals surface area (Å²) in [5.74, 6) is 0.562. The van der Waals surface area contributed by atoms with Gasteiger partial charge in [0.2, 0.25) is 0 Å². The number of nitrogens with one attached hydrogen (secondary N) is 1. The second kappa shape index (κ2) is 4.47. The van der Waals surface area contributed by atoms with Crippen LogP contribution >= 0.6 is 11.6 Å². The Labute approximate surface area is 90.0 Å². The topological polar surface area (TPSA) is 27.1 Å². The van der Waals surface area contributed by atoms with Gasteiger partial charge in [0.05, 0.1) is 11.9 Å². The summed E-state index contributed by atoms with van der Waals surface area (Å²) in [4.78, 5) is 1.92. The molecule has 3 heteroatoms. The lowest BCUT2D eigenvalue weighted by molar-refractivity contribution is 0.398. The summed E-state index contributed by atoms with van der Waals surface area (Å²) in [5, 5.41) is 8.27. The molecule has 0 aliphatic rings. The van der Waals surface area contributed by atoms with Crippen LogP contribution in [0.1, 0.15) is 25.5 Å². The van der Waals surface area contributed by atoms with Crippen LogP contribution in [-0.4, -0.2) is 17.8 Å². The fourth-order valence-electron chi connectivity index (χ4n) is 1.26. The standard InChI is InChI=1S/C11H15ClN2/c1-8(14(3)9(2)13)10-4-6-11(12)7-5-10/h4-8,13H,1-3H3. The van der Waals surface area contributed by atoms with Crippen LogP contribution in [0.25, 0.3) is 0 Å². The Hall–Kier alpha value is -1.02. The van der Waals surface area contributed by atoms with E-state index in [2.05, 4.69) is 6.92 Å². The fraction of sp³-hybridized carbons (Fsp3) is 0.364. The molecule has 0 amide bonds.